The Morgan fingerprint density at radius 2 is 1.87 bits per heavy atom. The van der Waals surface area contributed by atoms with E-state index in [2.05, 4.69) is 15.3 Å². The smallest absolute Gasteiger partial charge is 0.307 e. The standard InChI is InChI=1S/C7H6F3N3.2ClH/c8-7(9,10)6-12-2-4-1-11-3-5(4)13-6;;/h2,11H,1,3H2;2*1H. The number of hydrogen-bond donors (Lipinski definition) is 1. The molecule has 1 aliphatic heterocycles. The summed E-state index contributed by atoms with van der Waals surface area (Å²) in [7, 11) is 0. The van der Waals surface area contributed by atoms with Crippen LogP contribution in [0.15, 0.2) is 6.20 Å². The third kappa shape index (κ3) is 2.93. The van der Waals surface area contributed by atoms with Crippen molar-refractivity contribution >= 4 is 24.8 Å². The van der Waals surface area contributed by atoms with Gasteiger partial charge in [-0.05, 0) is 0 Å². The van der Waals surface area contributed by atoms with Crippen LogP contribution in [0.25, 0.3) is 0 Å². The van der Waals surface area contributed by atoms with Gasteiger partial charge in [-0.3, -0.25) is 0 Å². The minimum absolute atomic E-state index is 0. The van der Waals surface area contributed by atoms with E-state index in [9.17, 15) is 13.2 Å². The molecule has 0 radical (unpaired) electrons. The van der Waals surface area contributed by atoms with Crippen LogP contribution in [-0.4, -0.2) is 9.97 Å². The van der Waals surface area contributed by atoms with Crippen molar-refractivity contribution in [2.75, 3.05) is 0 Å². The molecule has 1 aromatic heterocycles. The van der Waals surface area contributed by atoms with Crippen LogP contribution in [-0.2, 0) is 19.3 Å². The summed E-state index contributed by atoms with van der Waals surface area (Å²) in [5.41, 5.74) is 1.19. The number of nitrogens with zero attached hydrogens (tertiary/aromatic N) is 2. The van der Waals surface area contributed by atoms with E-state index in [1.165, 1.54) is 6.20 Å². The van der Waals surface area contributed by atoms with Crippen molar-refractivity contribution in [1.82, 2.24) is 15.3 Å². The molecule has 2 rings (SSSR count). The molecule has 0 amide bonds. The van der Waals surface area contributed by atoms with Crippen molar-refractivity contribution in [3.63, 3.8) is 0 Å². The highest BCUT2D eigenvalue weighted by Gasteiger charge is 2.35. The molecule has 2 heterocycles. The molecule has 0 spiro atoms. The fraction of sp³-hybridized carbons (Fsp3) is 0.429. The Labute approximate surface area is 96.3 Å². The van der Waals surface area contributed by atoms with E-state index >= 15 is 0 Å². The fourth-order valence-corrected chi connectivity index (χ4v) is 1.19. The van der Waals surface area contributed by atoms with Gasteiger partial charge in [-0.1, -0.05) is 0 Å². The Bertz CT molecular complexity index is 343. The molecule has 0 unspecified atom stereocenters. The molecule has 1 aliphatic rings. The quantitative estimate of drug-likeness (QED) is 0.776. The molecule has 3 nitrogen and oxygen atoms in total. The number of halogens is 5. The van der Waals surface area contributed by atoms with Crippen LogP contribution in [0.1, 0.15) is 17.1 Å². The average Bonchev–Trinajstić information content (AvgIpc) is 2.47. The summed E-state index contributed by atoms with van der Waals surface area (Å²) in [4.78, 5) is 6.67. The monoisotopic (exact) mass is 261 g/mol. The first kappa shape index (κ1) is 14.4. The topological polar surface area (TPSA) is 37.8 Å². The second-order valence-electron chi connectivity index (χ2n) is 2.77. The largest absolute Gasteiger partial charge is 0.451 e. The first-order valence-electron chi connectivity index (χ1n) is 3.70. The Morgan fingerprint density at radius 1 is 1.20 bits per heavy atom. The number of nitrogens with one attached hydrogen (secondary N) is 1. The maximum atomic E-state index is 12.1. The minimum atomic E-state index is -4.45. The van der Waals surface area contributed by atoms with E-state index in [0.717, 1.165) is 5.56 Å². The van der Waals surface area contributed by atoms with E-state index in [1.54, 1.807) is 0 Å². The highest BCUT2D eigenvalue weighted by Crippen LogP contribution is 2.26. The number of fused-ring (bicyclic) bond motifs is 1. The molecule has 0 aromatic carbocycles. The number of hydrogen-bond acceptors (Lipinski definition) is 3. The molecule has 1 aromatic rings. The lowest BCUT2D eigenvalue weighted by atomic mass is 10.3. The summed E-state index contributed by atoms with van der Waals surface area (Å²) in [6, 6.07) is 0. The van der Waals surface area contributed by atoms with Crippen molar-refractivity contribution in [3.05, 3.63) is 23.3 Å². The summed E-state index contributed by atoms with van der Waals surface area (Å²) in [5, 5.41) is 2.90. The van der Waals surface area contributed by atoms with E-state index in [0.29, 0.717) is 18.8 Å². The summed E-state index contributed by atoms with van der Waals surface area (Å²) in [5.74, 6) is -1.06. The third-order valence-electron chi connectivity index (χ3n) is 1.82. The lowest BCUT2D eigenvalue weighted by Gasteiger charge is -2.05. The molecule has 0 aliphatic carbocycles. The first-order chi connectivity index (χ1) is 6.07. The third-order valence-corrected chi connectivity index (χ3v) is 1.82. The Morgan fingerprint density at radius 3 is 2.47 bits per heavy atom. The van der Waals surface area contributed by atoms with Gasteiger partial charge in [0, 0.05) is 24.8 Å². The van der Waals surface area contributed by atoms with Gasteiger partial charge < -0.3 is 5.32 Å². The van der Waals surface area contributed by atoms with Crippen molar-refractivity contribution in [1.29, 1.82) is 0 Å². The van der Waals surface area contributed by atoms with Gasteiger partial charge in [0.2, 0.25) is 5.82 Å². The summed E-state index contributed by atoms with van der Waals surface area (Å²) in [6.45, 7) is 0.939. The number of rotatable bonds is 0. The first-order valence-corrected chi connectivity index (χ1v) is 3.70. The van der Waals surface area contributed by atoms with Crippen LogP contribution in [0.2, 0.25) is 0 Å². The molecule has 0 fully saturated rings. The van der Waals surface area contributed by atoms with Crippen molar-refractivity contribution in [3.8, 4) is 0 Å². The van der Waals surface area contributed by atoms with Gasteiger partial charge in [0.1, 0.15) is 0 Å². The van der Waals surface area contributed by atoms with E-state index < -0.39 is 12.0 Å². The van der Waals surface area contributed by atoms with E-state index in [4.69, 9.17) is 0 Å². The SMILES string of the molecule is Cl.Cl.FC(F)(F)c1ncc2c(n1)CNC2. The normalized spacial score (nSPS) is 13.8. The van der Waals surface area contributed by atoms with Crippen LogP contribution in [0, 0.1) is 0 Å². The molecule has 1 N–H and O–H groups in total. The van der Waals surface area contributed by atoms with Crippen molar-refractivity contribution < 1.29 is 13.2 Å². The summed E-state index contributed by atoms with van der Waals surface area (Å²) < 4.78 is 36.3. The van der Waals surface area contributed by atoms with Crippen LogP contribution in [0.5, 0.6) is 0 Å². The van der Waals surface area contributed by atoms with Crippen LogP contribution >= 0.6 is 24.8 Å². The van der Waals surface area contributed by atoms with Gasteiger partial charge >= 0.3 is 6.18 Å². The summed E-state index contributed by atoms with van der Waals surface area (Å²) in [6.07, 6.45) is -3.22. The molecule has 8 heteroatoms. The van der Waals surface area contributed by atoms with Crippen LogP contribution in [0.3, 0.4) is 0 Å². The lowest BCUT2D eigenvalue weighted by Crippen LogP contribution is -2.12. The second-order valence-corrected chi connectivity index (χ2v) is 2.77. The maximum absolute atomic E-state index is 12.1. The second kappa shape index (κ2) is 4.96. The molecule has 0 saturated carbocycles. The fourth-order valence-electron chi connectivity index (χ4n) is 1.19. The molecule has 0 bridgehead atoms. The zero-order valence-electron chi connectivity index (χ0n) is 7.34. The van der Waals surface area contributed by atoms with Crippen molar-refractivity contribution in [2.45, 2.75) is 19.3 Å². The number of alkyl halides is 3. The maximum Gasteiger partial charge on any atom is 0.451 e. The van der Waals surface area contributed by atoms with Crippen LogP contribution in [0.4, 0.5) is 13.2 Å². The Hall–Kier alpha value is -0.590. The number of aromatic nitrogens is 2. The van der Waals surface area contributed by atoms with Crippen LogP contribution < -0.4 is 5.32 Å². The molecular formula is C7H8Cl2F3N3. The Kier molecular flexibility index (Phi) is 4.76. The highest BCUT2D eigenvalue weighted by molar-refractivity contribution is 5.85. The van der Waals surface area contributed by atoms with Gasteiger partial charge in [-0.2, -0.15) is 13.2 Å². The predicted octanol–water partition coefficient (Wildman–Crippen LogP) is 1.94. The van der Waals surface area contributed by atoms with Gasteiger partial charge in [-0.15, -0.1) is 24.8 Å². The van der Waals surface area contributed by atoms with Gasteiger partial charge in [0.05, 0.1) is 5.69 Å². The average molecular weight is 262 g/mol. The van der Waals surface area contributed by atoms with Gasteiger partial charge in [-0.25, -0.2) is 9.97 Å². The predicted molar refractivity (Wildman–Crippen MR) is 52.1 cm³/mol. The highest BCUT2D eigenvalue weighted by atomic mass is 35.5. The Balaban J connectivity index is 0.000000980. The van der Waals surface area contributed by atoms with Gasteiger partial charge in [0.15, 0.2) is 0 Å². The molecule has 86 valence electrons. The lowest BCUT2D eigenvalue weighted by molar-refractivity contribution is -0.145. The molecule has 15 heavy (non-hydrogen) atoms. The molecule has 0 saturated heterocycles. The van der Waals surface area contributed by atoms with Crippen molar-refractivity contribution in [2.24, 2.45) is 0 Å². The summed E-state index contributed by atoms with van der Waals surface area (Å²) >= 11 is 0. The van der Waals surface area contributed by atoms with E-state index in [1.807, 2.05) is 0 Å². The zero-order chi connectivity index (χ0) is 9.47. The van der Waals surface area contributed by atoms with Gasteiger partial charge in [0.25, 0.3) is 0 Å². The molecule has 0 atom stereocenters. The van der Waals surface area contributed by atoms with E-state index in [-0.39, 0.29) is 24.8 Å². The molecular weight excluding hydrogens is 254 g/mol. The zero-order valence-corrected chi connectivity index (χ0v) is 8.97. The minimum Gasteiger partial charge on any atom is -0.307 e.